The Kier molecular flexibility index (Phi) is 4.31. The first kappa shape index (κ1) is 12.5. The Bertz CT molecular complexity index is 377. The summed E-state index contributed by atoms with van der Waals surface area (Å²) in [5.74, 6) is -0.0561. The number of hydrogen-bond donors (Lipinski definition) is 2. The number of benzene rings is 1. The Morgan fingerprint density at radius 1 is 1.50 bits per heavy atom. The number of carbonyl (C=O) groups is 1. The highest BCUT2D eigenvalue weighted by atomic mass is 16.3. The van der Waals surface area contributed by atoms with Crippen molar-refractivity contribution in [2.24, 2.45) is 5.73 Å². The first-order valence-corrected chi connectivity index (χ1v) is 5.32. The van der Waals surface area contributed by atoms with Gasteiger partial charge in [0.25, 0.3) is 0 Å². The molecule has 0 spiro atoms. The van der Waals surface area contributed by atoms with Crippen molar-refractivity contribution < 1.29 is 9.90 Å². The molecule has 0 saturated heterocycles. The minimum absolute atomic E-state index is 0.212. The van der Waals surface area contributed by atoms with Crippen LogP contribution in [0.4, 0.5) is 0 Å². The first-order valence-electron chi connectivity index (χ1n) is 5.32. The molecule has 1 rings (SSSR count). The summed E-state index contributed by atoms with van der Waals surface area (Å²) in [5.41, 5.74) is 6.81. The molecule has 0 aliphatic carbocycles. The number of rotatable bonds is 5. The number of hydrogen-bond acceptors (Lipinski definition) is 3. The van der Waals surface area contributed by atoms with E-state index in [1.54, 1.807) is 0 Å². The Balaban J connectivity index is 2.77. The Labute approximate surface area is 95.7 Å². The second kappa shape index (κ2) is 5.51. The number of aryl methyl sites for hydroxylation is 1. The molecule has 3 N–H and O–H groups in total. The number of amides is 1. The molecule has 1 aromatic carbocycles. The topological polar surface area (TPSA) is 66.6 Å². The van der Waals surface area contributed by atoms with Gasteiger partial charge in [-0.2, -0.15) is 0 Å². The molecule has 0 bridgehead atoms. The number of phenols is 1. The molecule has 0 fully saturated rings. The van der Waals surface area contributed by atoms with Gasteiger partial charge in [-0.15, -0.1) is 0 Å². The average molecular weight is 222 g/mol. The highest BCUT2D eigenvalue weighted by Gasteiger charge is 2.10. The number of primary amides is 1. The smallest absolute Gasteiger partial charge is 0.231 e. The fourth-order valence-electron chi connectivity index (χ4n) is 1.59. The van der Waals surface area contributed by atoms with Gasteiger partial charge in [-0.05, 0) is 19.0 Å². The number of carbonyl (C=O) groups excluding carboxylic acids is 1. The SMILES string of the molecule is CCN(CC(N)=O)Cc1cccc(C)c1O. The standard InChI is InChI=1S/C12H18N2O2/c1-3-14(8-11(13)15)7-10-6-4-5-9(2)12(10)16/h4-6,16H,3,7-8H2,1-2H3,(H2,13,15). The van der Waals surface area contributed by atoms with Crippen molar-refractivity contribution in [1.29, 1.82) is 0 Å². The summed E-state index contributed by atoms with van der Waals surface area (Å²) >= 11 is 0. The third-order valence-corrected chi connectivity index (χ3v) is 2.54. The number of phenolic OH excluding ortho intramolecular Hbond substituents is 1. The van der Waals surface area contributed by atoms with E-state index in [1.807, 2.05) is 36.9 Å². The molecule has 88 valence electrons. The van der Waals surface area contributed by atoms with Gasteiger partial charge in [0.2, 0.25) is 5.91 Å². The largest absolute Gasteiger partial charge is 0.507 e. The van der Waals surface area contributed by atoms with Crippen molar-refractivity contribution in [3.8, 4) is 5.75 Å². The van der Waals surface area contributed by atoms with Crippen molar-refractivity contribution in [1.82, 2.24) is 4.90 Å². The monoisotopic (exact) mass is 222 g/mol. The maximum absolute atomic E-state index is 10.8. The van der Waals surface area contributed by atoms with E-state index in [-0.39, 0.29) is 12.5 Å². The fourth-order valence-corrected chi connectivity index (χ4v) is 1.59. The maximum Gasteiger partial charge on any atom is 0.231 e. The molecule has 1 amide bonds. The van der Waals surface area contributed by atoms with E-state index in [4.69, 9.17) is 5.73 Å². The number of nitrogens with two attached hydrogens (primary N) is 1. The summed E-state index contributed by atoms with van der Waals surface area (Å²) < 4.78 is 0. The van der Waals surface area contributed by atoms with Crippen LogP contribution in [0.3, 0.4) is 0 Å². The van der Waals surface area contributed by atoms with Gasteiger partial charge < -0.3 is 10.8 Å². The zero-order valence-corrected chi connectivity index (χ0v) is 9.73. The lowest BCUT2D eigenvalue weighted by molar-refractivity contribution is -0.119. The van der Waals surface area contributed by atoms with Crippen LogP contribution in [0.25, 0.3) is 0 Å². The predicted octanol–water partition coefficient (Wildman–Crippen LogP) is 1.01. The van der Waals surface area contributed by atoms with E-state index in [9.17, 15) is 9.90 Å². The molecule has 1 aromatic rings. The Morgan fingerprint density at radius 3 is 2.75 bits per heavy atom. The number of para-hydroxylation sites is 1. The molecule has 0 aliphatic rings. The van der Waals surface area contributed by atoms with Crippen LogP contribution in [0.1, 0.15) is 18.1 Å². The zero-order chi connectivity index (χ0) is 12.1. The van der Waals surface area contributed by atoms with E-state index in [0.29, 0.717) is 12.3 Å². The van der Waals surface area contributed by atoms with Crippen molar-refractivity contribution in [2.75, 3.05) is 13.1 Å². The Hall–Kier alpha value is -1.55. The molecule has 0 aliphatic heterocycles. The summed E-state index contributed by atoms with van der Waals surface area (Å²) in [6.45, 7) is 5.27. The number of aromatic hydroxyl groups is 1. The van der Waals surface area contributed by atoms with Crippen LogP contribution >= 0.6 is 0 Å². The van der Waals surface area contributed by atoms with Gasteiger partial charge in [0.05, 0.1) is 6.54 Å². The lowest BCUT2D eigenvalue weighted by Crippen LogP contribution is -2.33. The van der Waals surface area contributed by atoms with Crippen molar-refractivity contribution in [3.05, 3.63) is 29.3 Å². The van der Waals surface area contributed by atoms with Gasteiger partial charge in [-0.1, -0.05) is 25.1 Å². The molecule has 0 unspecified atom stereocenters. The summed E-state index contributed by atoms with van der Waals surface area (Å²) in [6.07, 6.45) is 0. The van der Waals surface area contributed by atoms with Crippen LogP contribution in [0.5, 0.6) is 5.75 Å². The average Bonchev–Trinajstić information content (AvgIpc) is 2.23. The molecule has 0 radical (unpaired) electrons. The Morgan fingerprint density at radius 2 is 2.19 bits per heavy atom. The number of nitrogens with zero attached hydrogens (tertiary/aromatic N) is 1. The molecule has 4 nitrogen and oxygen atoms in total. The fraction of sp³-hybridized carbons (Fsp3) is 0.417. The van der Waals surface area contributed by atoms with Gasteiger partial charge in [0.1, 0.15) is 5.75 Å². The van der Waals surface area contributed by atoms with Gasteiger partial charge >= 0.3 is 0 Å². The van der Waals surface area contributed by atoms with Crippen LogP contribution in [0, 0.1) is 6.92 Å². The molecular formula is C12H18N2O2. The molecular weight excluding hydrogens is 204 g/mol. The van der Waals surface area contributed by atoms with Crippen LogP contribution in [0.2, 0.25) is 0 Å². The van der Waals surface area contributed by atoms with Crippen molar-refractivity contribution in [3.63, 3.8) is 0 Å². The van der Waals surface area contributed by atoms with Gasteiger partial charge in [0, 0.05) is 12.1 Å². The summed E-state index contributed by atoms with van der Waals surface area (Å²) in [6, 6.07) is 5.59. The third kappa shape index (κ3) is 3.24. The molecule has 0 atom stereocenters. The lowest BCUT2D eigenvalue weighted by atomic mass is 10.1. The highest BCUT2D eigenvalue weighted by Crippen LogP contribution is 2.22. The molecule has 16 heavy (non-hydrogen) atoms. The molecule has 4 heteroatoms. The highest BCUT2D eigenvalue weighted by molar-refractivity contribution is 5.75. The molecule has 0 heterocycles. The normalized spacial score (nSPS) is 10.7. The minimum atomic E-state index is -0.353. The second-order valence-electron chi connectivity index (χ2n) is 3.85. The molecule has 0 aromatic heterocycles. The summed E-state index contributed by atoms with van der Waals surface area (Å²) in [4.78, 5) is 12.7. The summed E-state index contributed by atoms with van der Waals surface area (Å²) in [7, 11) is 0. The van der Waals surface area contributed by atoms with E-state index in [0.717, 1.165) is 17.7 Å². The van der Waals surface area contributed by atoms with E-state index in [2.05, 4.69) is 0 Å². The maximum atomic E-state index is 10.8. The number of likely N-dealkylation sites (N-methyl/N-ethyl adjacent to an activating group) is 1. The molecule has 0 saturated carbocycles. The van der Waals surface area contributed by atoms with E-state index in [1.165, 1.54) is 0 Å². The van der Waals surface area contributed by atoms with Gasteiger partial charge in [-0.3, -0.25) is 9.69 Å². The van der Waals surface area contributed by atoms with Crippen LogP contribution < -0.4 is 5.73 Å². The van der Waals surface area contributed by atoms with Gasteiger partial charge in [-0.25, -0.2) is 0 Å². The summed E-state index contributed by atoms with van der Waals surface area (Å²) in [5, 5.41) is 9.83. The van der Waals surface area contributed by atoms with Gasteiger partial charge in [0.15, 0.2) is 0 Å². The quantitative estimate of drug-likeness (QED) is 0.781. The van der Waals surface area contributed by atoms with Crippen LogP contribution in [0.15, 0.2) is 18.2 Å². The first-order chi connectivity index (χ1) is 7.54. The van der Waals surface area contributed by atoms with Crippen LogP contribution in [-0.4, -0.2) is 29.0 Å². The predicted molar refractivity (Wildman–Crippen MR) is 63.0 cm³/mol. The van der Waals surface area contributed by atoms with Crippen molar-refractivity contribution in [2.45, 2.75) is 20.4 Å². The van der Waals surface area contributed by atoms with Crippen molar-refractivity contribution >= 4 is 5.91 Å². The van der Waals surface area contributed by atoms with E-state index < -0.39 is 0 Å². The van der Waals surface area contributed by atoms with E-state index >= 15 is 0 Å². The zero-order valence-electron chi connectivity index (χ0n) is 9.73. The third-order valence-electron chi connectivity index (χ3n) is 2.54. The minimum Gasteiger partial charge on any atom is -0.507 e. The lowest BCUT2D eigenvalue weighted by Gasteiger charge is -2.19. The second-order valence-corrected chi connectivity index (χ2v) is 3.85. The van der Waals surface area contributed by atoms with Crippen LogP contribution in [-0.2, 0) is 11.3 Å².